The summed E-state index contributed by atoms with van der Waals surface area (Å²) in [6.07, 6.45) is 2.66. The summed E-state index contributed by atoms with van der Waals surface area (Å²) >= 11 is 3.63. The molecular weight excluding hydrogens is 308 g/mol. The lowest BCUT2D eigenvalue weighted by Gasteiger charge is -2.06. The van der Waals surface area contributed by atoms with E-state index in [9.17, 15) is 0 Å². The summed E-state index contributed by atoms with van der Waals surface area (Å²) in [6.45, 7) is 8.33. The maximum atomic E-state index is 5.43. The van der Waals surface area contributed by atoms with Gasteiger partial charge in [0.2, 0.25) is 5.89 Å². The van der Waals surface area contributed by atoms with E-state index in [-0.39, 0.29) is 0 Å². The van der Waals surface area contributed by atoms with E-state index >= 15 is 0 Å². The highest BCUT2D eigenvalue weighted by molar-refractivity contribution is 9.10. The van der Waals surface area contributed by atoms with E-state index in [1.54, 1.807) is 6.20 Å². The van der Waals surface area contributed by atoms with Crippen molar-refractivity contribution >= 4 is 15.9 Å². The van der Waals surface area contributed by atoms with Crippen LogP contribution in [0.3, 0.4) is 0 Å². The highest BCUT2D eigenvalue weighted by atomic mass is 79.9. The van der Waals surface area contributed by atoms with E-state index in [2.05, 4.69) is 45.2 Å². The van der Waals surface area contributed by atoms with Crippen LogP contribution in [0.25, 0.3) is 0 Å². The molecule has 0 amide bonds. The zero-order valence-corrected chi connectivity index (χ0v) is 13.1. The maximum Gasteiger partial charge on any atom is 0.208 e. The third kappa shape index (κ3) is 3.25. The van der Waals surface area contributed by atoms with Gasteiger partial charge in [0.1, 0.15) is 5.76 Å². The Balaban J connectivity index is 2.00. The van der Waals surface area contributed by atoms with E-state index in [0.717, 1.165) is 35.4 Å². The third-order valence-corrected chi connectivity index (χ3v) is 3.85. The van der Waals surface area contributed by atoms with Crippen LogP contribution >= 0.6 is 15.9 Å². The first-order valence-corrected chi connectivity index (χ1v) is 7.31. The summed E-state index contributed by atoms with van der Waals surface area (Å²) in [5, 5.41) is 7.90. The van der Waals surface area contributed by atoms with Gasteiger partial charge >= 0.3 is 0 Å². The molecule has 2 rings (SSSR count). The predicted molar refractivity (Wildman–Crippen MR) is 76.8 cm³/mol. The fraction of sp³-hybridized carbons (Fsp3) is 0.538. The summed E-state index contributed by atoms with van der Waals surface area (Å²) in [6, 6.07) is 0. The van der Waals surface area contributed by atoms with Crippen LogP contribution in [0.1, 0.15) is 36.9 Å². The highest BCUT2D eigenvalue weighted by Gasteiger charge is 2.13. The van der Waals surface area contributed by atoms with Crippen molar-refractivity contribution in [2.45, 2.75) is 46.8 Å². The zero-order valence-electron chi connectivity index (χ0n) is 11.5. The molecule has 0 aliphatic heterocycles. The first-order valence-electron chi connectivity index (χ1n) is 6.51. The smallest absolute Gasteiger partial charge is 0.208 e. The second-order valence-electron chi connectivity index (χ2n) is 4.34. The van der Waals surface area contributed by atoms with Gasteiger partial charge in [0, 0.05) is 13.1 Å². The molecule has 0 fully saturated rings. The fourth-order valence-electron chi connectivity index (χ4n) is 1.96. The topological polar surface area (TPSA) is 55.9 Å². The molecule has 2 aromatic heterocycles. The number of hydrogen-bond donors (Lipinski definition) is 1. The lowest BCUT2D eigenvalue weighted by Crippen LogP contribution is -2.16. The van der Waals surface area contributed by atoms with Crippen molar-refractivity contribution in [1.82, 2.24) is 20.1 Å². The zero-order chi connectivity index (χ0) is 13.8. The number of oxazole rings is 1. The van der Waals surface area contributed by atoms with Crippen molar-refractivity contribution < 1.29 is 4.42 Å². The summed E-state index contributed by atoms with van der Waals surface area (Å²) < 4.78 is 8.56. The molecule has 0 aliphatic carbocycles. The Hall–Kier alpha value is -1.14. The Morgan fingerprint density at radius 2 is 2.16 bits per heavy atom. The largest absolute Gasteiger partial charge is 0.445 e. The van der Waals surface area contributed by atoms with Gasteiger partial charge in [0.15, 0.2) is 0 Å². The lowest BCUT2D eigenvalue weighted by atomic mass is 10.3. The number of aryl methyl sites for hydroxylation is 3. The minimum absolute atomic E-state index is 0.622. The molecular formula is C13H19BrN4O. The molecule has 0 atom stereocenters. The molecule has 2 heterocycles. The van der Waals surface area contributed by atoms with Crippen LogP contribution in [0.15, 0.2) is 15.1 Å². The normalized spacial score (nSPS) is 11.2. The SMILES string of the molecule is CCc1nn(CC)c(CNCc2ncc(C)o2)c1Br. The quantitative estimate of drug-likeness (QED) is 0.886. The minimum atomic E-state index is 0.622. The van der Waals surface area contributed by atoms with Gasteiger partial charge in [-0.3, -0.25) is 4.68 Å². The van der Waals surface area contributed by atoms with Crippen molar-refractivity contribution in [3.05, 3.63) is 33.7 Å². The average Bonchev–Trinajstić information content (AvgIpc) is 2.94. The Kier molecular flexibility index (Phi) is 4.76. The molecule has 104 valence electrons. The van der Waals surface area contributed by atoms with E-state index in [0.29, 0.717) is 12.4 Å². The van der Waals surface area contributed by atoms with E-state index < -0.39 is 0 Å². The molecule has 0 aromatic carbocycles. The second kappa shape index (κ2) is 6.34. The van der Waals surface area contributed by atoms with Crippen LogP contribution in [0.5, 0.6) is 0 Å². The Bertz CT molecular complexity index is 547. The van der Waals surface area contributed by atoms with Crippen LogP contribution in [0.4, 0.5) is 0 Å². The minimum Gasteiger partial charge on any atom is -0.445 e. The standard InChI is InChI=1S/C13H19BrN4O/c1-4-10-13(14)11(18(5-2)17-10)7-15-8-12-16-6-9(3)19-12/h6,15H,4-5,7-8H2,1-3H3. The van der Waals surface area contributed by atoms with Crippen molar-refractivity contribution in [3.63, 3.8) is 0 Å². The summed E-state index contributed by atoms with van der Waals surface area (Å²) in [5.41, 5.74) is 2.27. The second-order valence-corrected chi connectivity index (χ2v) is 5.14. The van der Waals surface area contributed by atoms with Crippen molar-refractivity contribution in [3.8, 4) is 0 Å². The highest BCUT2D eigenvalue weighted by Crippen LogP contribution is 2.22. The number of nitrogens with zero attached hydrogens (tertiary/aromatic N) is 3. The van der Waals surface area contributed by atoms with Gasteiger partial charge in [-0.05, 0) is 36.2 Å². The summed E-state index contributed by atoms with van der Waals surface area (Å²) in [4.78, 5) is 4.17. The molecule has 0 bridgehead atoms. The Morgan fingerprint density at radius 1 is 1.37 bits per heavy atom. The molecule has 1 N–H and O–H groups in total. The number of rotatable bonds is 6. The van der Waals surface area contributed by atoms with Gasteiger partial charge in [-0.15, -0.1) is 0 Å². The van der Waals surface area contributed by atoms with Gasteiger partial charge in [0.05, 0.1) is 28.6 Å². The number of nitrogens with one attached hydrogen (secondary N) is 1. The molecule has 0 aliphatic rings. The molecule has 0 unspecified atom stereocenters. The van der Waals surface area contributed by atoms with Gasteiger partial charge < -0.3 is 9.73 Å². The number of aromatic nitrogens is 3. The molecule has 0 saturated heterocycles. The van der Waals surface area contributed by atoms with Crippen molar-refractivity contribution in [1.29, 1.82) is 0 Å². The van der Waals surface area contributed by atoms with Crippen LogP contribution in [0.2, 0.25) is 0 Å². The van der Waals surface area contributed by atoms with Crippen LogP contribution in [0, 0.1) is 6.92 Å². The van der Waals surface area contributed by atoms with Gasteiger partial charge in [0.25, 0.3) is 0 Å². The average molecular weight is 327 g/mol. The number of halogens is 1. The van der Waals surface area contributed by atoms with Crippen molar-refractivity contribution in [2.75, 3.05) is 0 Å². The van der Waals surface area contributed by atoms with Crippen LogP contribution in [-0.4, -0.2) is 14.8 Å². The van der Waals surface area contributed by atoms with Crippen LogP contribution in [-0.2, 0) is 26.1 Å². The van der Waals surface area contributed by atoms with E-state index in [1.807, 2.05) is 11.6 Å². The molecule has 0 radical (unpaired) electrons. The first-order chi connectivity index (χ1) is 9.15. The number of hydrogen-bond acceptors (Lipinski definition) is 4. The monoisotopic (exact) mass is 326 g/mol. The molecule has 19 heavy (non-hydrogen) atoms. The maximum absolute atomic E-state index is 5.43. The van der Waals surface area contributed by atoms with Gasteiger partial charge in [-0.2, -0.15) is 5.10 Å². The van der Waals surface area contributed by atoms with Crippen LogP contribution < -0.4 is 5.32 Å². The summed E-state index contributed by atoms with van der Waals surface area (Å²) in [7, 11) is 0. The molecule has 2 aromatic rings. The molecule has 0 spiro atoms. The molecule has 6 heteroatoms. The molecule has 5 nitrogen and oxygen atoms in total. The fourth-order valence-corrected chi connectivity index (χ4v) is 2.66. The summed E-state index contributed by atoms with van der Waals surface area (Å²) in [5.74, 6) is 1.55. The Labute approximate surface area is 121 Å². The Morgan fingerprint density at radius 3 is 2.74 bits per heavy atom. The lowest BCUT2D eigenvalue weighted by molar-refractivity contribution is 0.445. The van der Waals surface area contributed by atoms with Crippen molar-refractivity contribution in [2.24, 2.45) is 0 Å². The third-order valence-electron chi connectivity index (χ3n) is 2.93. The first kappa shape index (κ1) is 14.3. The van der Waals surface area contributed by atoms with Gasteiger partial charge in [-0.25, -0.2) is 4.98 Å². The van der Waals surface area contributed by atoms with Gasteiger partial charge in [-0.1, -0.05) is 6.92 Å². The predicted octanol–water partition coefficient (Wildman–Crippen LogP) is 2.81. The van der Waals surface area contributed by atoms with E-state index in [1.165, 1.54) is 5.69 Å². The van der Waals surface area contributed by atoms with E-state index in [4.69, 9.17) is 4.42 Å². The molecule has 0 saturated carbocycles.